The molecule has 0 aromatic heterocycles. The van der Waals surface area contributed by atoms with E-state index in [0.717, 1.165) is 18.5 Å². The van der Waals surface area contributed by atoms with Gasteiger partial charge in [-0.25, -0.2) is 4.79 Å². The van der Waals surface area contributed by atoms with Crippen molar-refractivity contribution in [3.63, 3.8) is 0 Å². The Morgan fingerprint density at radius 3 is 2.71 bits per heavy atom. The molecule has 0 fully saturated rings. The van der Waals surface area contributed by atoms with E-state index in [0.29, 0.717) is 11.6 Å². The molecule has 1 aliphatic carbocycles. The predicted octanol–water partition coefficient (Wildman–Crippen LogP) is 4.37. The van der Waals surface area contributed by atoms with Crippen LogP contribution in [-0.4, -0.2) is 24.5 Å². The smallest absolute Gasteiger partial charge is 0.317 e. The van der Waals surface area contributed by atoms with Gasteiger partial charge in [0, 0.05) is 25.2 Å². The van der Waals surface area contributed by atoms with Crippen LogP contribution in [0.4, 0.5) is 4.79 Å². The molecular formula is C17H23ClN2O. The Morgan fingerprint density at radius 2 is 2.05 bits per heavy atom. The molecule has 1 aromatic rings. The van der Waals surface area contributed by atoms with E-state index in [2.05, 4.69) is 11.4 Å². The summed E-state index contributed by atoms with van der Waals surface area (Å²) in [6, 6.07) is 7.55. The first-order valence-electron chi connectivity index (χ1n) is 7.56. The molecule has 0 atom stereocenters. The lowest BCUT2D eigenvalue weighted by atomic mass is 9.97. The minimum Gasteiger partial charge on any atom is -0.338 e. The second kappa shape index (κ2) is 8.08. The molecule has 1 aromatic carbocycles. The fourth-order valence-corrected chi connectivity index (χ4v) is 2.66. The number of benzene rings is 1. The molecule has 21 heavy (non-hydrogen) atoms. The highest BCUT2D eigenvalue weighted by atomic mass is 35.5. The van der Waals surface area contributed by atoms with E-state index >= 15 is 0 Å². The van der Waals surface area contributed by atoms with Gasteiger partial charge in [-0.1, -0.05) is 35.4 Å². The standard InChI is InChI=1S/C17H23ClN2O/c1-20(13-15-7-9-16(18)10-8-15)17(21)19-12-11-14-5-3-2-4-6-14/h5,7-10H,2-4,6,11-13H2,1H3,(H,19,21). The Morgan fingerprint density at radius 1 is 1.29 bits per heavy atom. The summed E-state index contributed by atoms with van der Waals surface area (Å²) in [5.74, 6) is 0. The Kier molecular flexibility index (Phi) is 6.12. The number of allylic oxidation sites excluding steroid dienone is 1. The first kappa shape index (κ1) is 15.9. The molecule has 0 heterocycles. The van der Waals surface area contributed by atoms with E-state index in [1.54, 1.807) is 4.90 Å². The molecule has 0 bridgehead atoms. The summed E-state index contributed by atoms with van der Waals surface area (Å²) in [6.45, 7) is 1.31. The van der Waals surface area contributed by atoms with E-state index in [1.165, 1.54) is 31.3 Å². The van der Waals surface area contributed by atoms with Gasteiger partial charge in [0.1, 0.15) is 0 Å². The predicted molar refractivity (Wildman–Crippen MR) is 87.5 cm³/mol. The van der Waals surface area contributed by atoms with E-state index in [1.807, 2.05) is 31.3 Å². The summed E-state index contributed by atoms with van der Waals surface area (Å²) >= 11 is 5.85. The van der Waals surface area contributed by atoms with Gasteiger partial charge in [0.05, 0.1) is 0 Å². The fourth-order valence-electron chi connectivity index (χ4n) is 2.53. The summed E-state index contributed by atoms with van der Waals surface area (Å²) in [7, 11) is 1.81. The molecule has 1 aliphatic rings. The van der Waals surface area contributed by atoms with E-state index in [-0.39, 0.29) is 6.03 Å². The number of urea groups is 1. The van der Waals surface area contributed by atoms with Crippen molar-refractivity contribution in [2.45, 2.75) is 38.6 Å². The third-order valence-corrected chi connectivity index (χ3v) is 4.04. The molecular weight excluding hydrogens is 284 g/mol. The van der Waals surface area contributed by atoms with Crippen LogP contribution in [0.25, 0.3) is 0 Å². The summed E-state index contributed by atoms with van der Waals surface area (Å²) < 4.78 is 0. The van der Waals surface area contributed by atoms with Crippen molar-refractivity contribution in [2.24, 2.45) is 0 Å². The van der Waals surface area contributed by atoms with Crippen LogP contribution in [0.15, 0.2) is 35.9 Å². The molecule has 0 aliphatic heterocycles. The fraction of sp³-hybridized carbons (Fsp3) is 0.471. The minimum atomic E-state index is -0.0265. The van der Waals surface area contributed by atoms with Crippen molar-refractivity contribution >= 4 is 17.6 Å². The Labute approximate surface area is 132 Å². The molecule has 2 amide bonds. The Bertz CT molecular complexity index is 496. The van der Waals surface area contributed by atoms with Crippen LogP contribution in [0.5, 0.6) is 0 Å². The Balaban J connectivity index is 1.72. The molecule has 0 unspecified atom stereocenters. The third kappa shape index (κ3) is 5.43. The van der Waals surface area contributed by atoms with Gasteiger partial charge >= 0.3 is 6.03 Å². The summed E-state index contributed by atoms with van der Waals surface area (Å²) in [5.41, 5.74) is 2.56. The number of carbonyl (C=O) groups excluding carboxylic acids is 1. The number of nitrogens with zero attached hydrogens (tertiary/aromatic N) is 1. The van der Waals surface area contributed by atoms with Crippen molar-refractivity contribution in [1.82, 2.24) is 10.2 Å². The zero-order valence-electron chi connectivity index (χ0n) is 12.6. The average Bonchev–Trinajstić information content (AvgIpc) is 2.50. The van der Waals surface area contributed by atoms with Crippen molar-refractivity contribution in [1.29, 1.82) is 0 Å². The highest BCUT2D eigenvalue weighted by Crippen LogP contribution is 2.19. The summed E-state index contributed by atoms with van der Waals surface area (Å²) in [5, 5.41) is 3.70. The minimum absolute atomic E-state index is 0.0265. The van der Waals surface area contributed by atoms with Gasteiger partial charge in [-0.2, -0.15) is 0 Å². The van der Waals surface area contributed by atoms with Crippen LogP contribution in [0.1, 0.15) is 37.7 Å². The number of nitrogens with one attached hydrogen (secondary N) is 1. The second-order valence-electron chi connectivity index (χ2n) is 5.57. The Hall–Kier alpha value is -1.48. The van der Waals surface area contributed by atoms with Gasteiger partial charge in [0.25, 0.3) is 0 Å². The summed E-state index contributed by atoms with van der Waals surface area (Å²) in [4.78, 5) is 13.7. The van der Waals surface area contributed by atoms with Crippen LogP contribution in [0.2, 0.25) is 5.02 Å². The molecule has 0 saturated heterocycles. The van der Waals surface area contributed by atoms with Gasteiger partial charge in [-0.05, 0) is 49.8 Å². The van der Waals surface area contributed by atoms with Gasteiger partial charge < -0.3 is 10.2 Å². The van der Waals surface area contributed by atoms with Crippen molar-refractivity contribution in [2.75, 3.05) is 13.6 Å². The zero-order chi connectivity index (χ0) is 15.1. The number of carbonyl (C=O) groups is 1. The van der Waals surface area contributed by atoms with Gasteiger partial charge in [-0.15, -0.1) is 0 Å². The number of halogens is 1. The van der Waals surface area contributed by atoms with Gasteiger partial charge in [0.15, 0.2) is 0 Å². The van der Waals surface area contributed by atoms with E-state index < -0.39 is 0 Å². The largest absolute Gasteiger partial charge is 0.338 e. The molecule has 4 heteroatoms. The molecule has 0 saturated carbocycles. The van der Waals surface area contributed by atoms with Crippen LogP contribution >= 0.6 is 11.6 Å². The highest BCUT2D eigenvalue weighted by Gasteiger charge is 2.09. The average molecular weight is 307 g/mol. The SMILES string of the molecule is CN(Cc1ccc(Cl)cc1)C(=O)NCCC1=CCCCC1. The van der Waals surface area contributed by atoms with Crippen LogP contribution in [0, 0.1) is 0 Å². The lowest BCUT2D eigenvalue weighted by Crippen LogP contribution is -2.37. The third-order valence-electron chi connectivity index (χ3n) is 3.79. The lowest BCUT2D eigenvalue weighted by Gasteiger charge is -2.19. The number of amides is 2. The summed E-state index contributed by atoms with van der Waals surface area (Å²) in [6.07, 6.45) is 8.28. The van der Waals surface area contributed by atoms with Crippen LogP contribution < -0.4 is 5.32 Å². The van der Waals surface area contributed by atoms with E-state index in [4.69, 9.17) is 11.6 Å². The monoisotopic (exact) mass is 306 g/mol. The van der Waals surface area contributed by atoms with Crippen molar-refractivity contribution < 1.29 is 4.79 Å². The second-order valence-corrected chi connectivity index (χ2v) is 6.01. The maximum Gasteiger partial charge on any atom is 0.317 e. The first-order valence-corrected chi connectivity index (χ1v) is 7.94. The lowest BCUT2D eigenvalue weighted by molar-refractivity contribution is 0.207. The molecule has 2 rings (SSSR count). The highest BCUT2D eigenvalue weighted by molar-refractivity contribution is 6.30. The molecule has 3 nitrogen and oxygen atoms in total. The number of rotatable bonds is 5. The van der Waals surface area contributed by atoms with Crippen LogP contribution in [0.3, 0.4) is 0 Å². The van der Waals surface area contributed by atoms with Gasteiger partial charge in [0.2, 0.25) is 0 Å². The maximum atomic E-state index is 12.0. The topological polar surface area (TPSA) is 32.3 Å². The normalized spacial score (nSPS) is 14.5. The van der Waals surface area contributed by atoms with Crippen LogP contribution in [-0.2, 0) is 6.54 Å². The van der Waals surface area contributed by atoms with E-state index in [9.17, 15) is 4.79 Å². The number of hydrogen-bond donors (Lipinski definition) is 1. The molecule has 114 valence electrons. The zero-order valence-corrected chi connectivity index (χ0v) is 13.3. The van der Waals surface area contributed by atoms with Crippen molar-refractivity contribution in [3.8, 4) is 0 Å². The molecule has 0 radical (unpaired) electrons. The van der Waals surface area contributed by atoms with Gasteiger partial charge in [-0.3, -0.25) is 0 Å². The quantitative estimate of drug-likeness (QED) is 0.805. The maximum absolute atomic E-state index is 12.0. The number of hydrogen-bond acceptors (Lipinski definition) is 1. The van der Waals surface area contributed by atoms with Crippen molar-refractivity contribution in [3.05, 3.63) is 46.5 Å². The molecule has 0 spiro atoms. The first-order chi connectivity index (χ1) is 10.1. The molecule has 1 N–H and O–H groups in total.